The Balaban J connectivity index is 2.08. The fraction of sp³-hybridized carbons (Fsp3) is 0.333. The second-order valence-electron chi connectivity index (χ2n) is 4.06. The van der Waals surface area contributed by atoms with Gasteiger partial charge in [-0.15, -0.1) is 0 Å². The van der Waals surface area contributed by atoms with E-state index in [1.807, 2.05) is 30.3 Å². The first-order valence-corrected chi connectivity index (χ1v) is 5.47. The first kappa shape index (κ1) is 11.4. The highest BCUT2D eigenvalue weighted by Gasteiger charge is 2.29. The largest absolute Gasteiger partial charge is 0.465 e. The molecule has 5 heteroatoms. The summed E-state index contributed by atoms with van der Waals surface area (Å²) in [6.45, 7) is 0.298. The van der Waals surface area contributed by atoms with Gasteiger partial charge < -0.3 is 10.4 Å². The molecule has 2 amide bonds. The summed E-state index contributed by atoms with van der Waals surface area (Å²) in [4.78, 5) is 23.4. The highest BCUT2D eigenvalue weighted by atomic mass is 16.4. The lowest BCUT2D eigenvalue weighted by Gasteiger charge is -2.33. The molecule has 1 fully saturated rings. The van der Waals surface area contributed by atoms with Crippen molar-refractivity contribution < 1.29 is 14.7 Å². The average molecular weight is 234 g/mol. The molecule has 2 N–H and O–H groups in total. The molecular formula is C12H14N2O3. The highest BCUT2D eigenvalue weighted by Crippen LogP contribution is 2.11. The first-order valence-electron chi connectivity index (χ1n) is 5.47. The predicted octanol–water partition coefficient (Wildman–Crippen LogP) is 0.707. The Morgan fingerprint density at radius 3 is 2.76 bits per heavy atom. The van der Waals surface area contributed by atoms with E-state index in [4.69, 9.17) is 5.11 Å². The van der Waals surface area contributed by atoms with Gasteiger partial charge in [-0.25, -0.2) is 4.79 Å². The van der Waals surface area contributed by atoms with Crippen LogP contribution in [-0.2, 0) is 11.2 Å². The van der Waals surface area contributed by atoms with Crippen LogP contribution in [0.5, 0.6) is 0 Å². The normalized spacial score (nSPS) is 19.9. The maximum atomic E-state index is 11.2. The van der Waals surface area contributed by atoms with Crippen LogP contribution in [0.1, 0.15) is 5.56 Å². The summed E-state index contributed by atoms with van der Waals surface area (Å²) < 4.78 is 0. The van der Waals surface area contributed by atoms with Crippen LogP contribution in [0.3, 0.4) is 0 Å². The third-order valence-electron chi connectivity index (χ3n) is 2.85. The number of hydrogen-bond donors (Lipinski definition) is 2. The molecule has 0 radical (unpaired) electrons. The lowest BCUT2D eigenvalue weighted by atomic mass is 10.0. The Kier molecular flexibility index (Phi) is 3.27. The van der Waals surface area contributed by atoms with E-state index >= 15 is 0 Å². The molecule has 1 unspecified atom stereocenters. The SMILES string of the molecule is O=C1CN(C(=O)O)C(Cc2ccccc2)CN1. The minimum absolute atomic E-state index is 0.0766. The number of benzene rings is 1. The van der Waals surface area contributed by atoms with E-state index in [2.05, 4.69) is 5.32 Å². The lowest BCUT2D eigenvalue weighted by Crippen LogP contribution is -2.56. The third kappa shape index (κ3) is 2.75. The first-order chi connectivity index (χ1) is 8.16. The number of carbonyl (C=O) groups is 2. The molecule has 90 valence electrons. The minimum atomic E-state index is -1.04. The van der Waals surface area contributed by atoms with Crippen molar-refractivity contribution in [1.29, 1.82) is 0 Å². The summed E-state index contributed by atoms with van der Waals surface area (Å²) in [6, 6.07) is 9.48. The van der Waals surface area contributed by atoms with E-state index in [0.717, 1.165) is 5.56 Å². The number of piperazine rings is 1. The summed E-state index contributed by atoms with van der Waals surface area (Å²) >= 11 is 0. The summed E-state index contributed by atoms with van der Waals surface area (Å²) in [5.74, 6) is -0.239. The Morgan fingerprint density at radius 2 is 2.12 bits per heavy atom. The number of nitrogens with zero attached hydrogens (tertiary/aromatic N) is 1. The van der Waals surface area contributed by atoms with Gasteiger partial charge in [0.2, 0.25) is 5.91 Å². The van der Waals surface area contributed by atoms with Crippen molar-refractivity contribution in [3.63, 3.8) is 0 Å². The Bertz CT molecular complexity index is 419. The van der Waals surface area contributed by atoms with E-state index in [0.29, 0.717) is 13.0 Å². The average Bonchev–Trinajstić information content (AvgIpc) is 2.32. The summed E-state index contributed by atoms with van der Waals surface area (Å²) in [5.41, 5.74) is 1.07. The zero-order valence-electron chi connectivity index (χ0n) is 9.30. The van der Waals surface area contributed by atoms with Crippen molar-refractivity contribution in [2.45, 2.75) is 12.5 Å². The summed E-state index contributed by atoms with van der Waals surface area (Å²) in [5, 5.41) is 11.7. The van der Waals surface area contributed by atoms with Crippen LogP contribution in [0.25, 0.3) is 0 Å². The molecule has 1 aromatic carbocycles. The van der Waals surface area contributed by atoms with Crippen molar-refractivity contribution in [3.05, 3.63) is 35.9 Å². The predicted molar refractivity (Wildman–Crippen MR) is 61.7 cm³/mol. The van der Waals surface area contributed by atoms with Crippen molar-refractivity contribution in [2.75, 3.05) is 13.1 Å². The molecular weight excluding hydrogens is 220 g/mol. The Hall–Kier alpha value is -2.04. The number of rotatable bonds is 2. The molecule has 0 saturated carbocycles. The molecule has 1 saturated heterocycles. The van der Waals surface area contributed by atoms with Crippen LogP contribution in [0.2, 0.25) is 0 Å². The van der Waals surface area contributed by atoms with E-state index in [1.54, 1.807) is 0 Å². The topological polar surface area (TPSA) is 69.6 Å². The van der Waals surface area contributed by atoms with Gasteiger partial charge in [-0.3, -0.25) is 9.69 Å². The Labute approximate surface area is 99.0 Å². The van der Waals surface area contributed by atoms with Gasteiger partial charge >= 0.3 is 6.09 Å². The van der Waals surface area contributed by atoms with E-state index in [-0.39, 0.29) is 18.5 Å². The van der Waals surface area contributed by atoms with Gasteiger partial charge in [0.05, 0.1) is 6.04 Å². The molecule has 0 aromatic heterocycles. The number of carbonyl (C=O) groups excluding carboxylic acids is 1. The summed E-state index contributed by atoms with van der Waals surface area (Å²) in [6.07, 6.45) is -0.422. The molecule has 0 bridgehead atoms. The van der Waals surface area contributed by atoms with E-state index in [9.17, 15) is 9.59 Å². The van der Waals surface area contributed by atoms with Crippen LogP contribution in [0.4, 0.5) is 4.79 Å². The fourth-order valence-electron chi connectivity index (χ4n) is 1.97. The van der Waals surface area contributed by atoms with E-state index < -0.39 is 6.09 Å². The fourth-order valence-corrected chi connectivity index (χ4v) is 1.97. The standard InChI is InChI=1S/C12H14N2O3/c15-11-8-14(12(16)17)10(7-13-11)6-9-4-2-1-3-5-9/h1-5,10H,6-8H2,(H,13,15)(H,16,17). The molecule has 0 aliphatic carbocycles. The number of amides is 2. The highest BCUT2D eigenvalue weighted by molar-refractivity contribution is 5.83. The minimum Gasteiger partial charge on any atom is -0.465 e. The monoisotopic (exact) mass is 234 g/mol. The van der Waals surface area contributed by atoms with Gasteiger partial charge in [0.1, 0.15) is 6.54 Å². The van der Waals surface area contributed by atoms with Crippen LogP contribution >= 0.6 is 0 Å². The molecule has 1 atom stereocenters. The molecule has 0 spiro atoms. The molecule has 17 heavy (non-hydrogen) atoms. The van der Waals surface area contributed by atoms with Gasteiger partial charge in [-0.05, 0) is 12.0 Å². The smallest absolute Gasteiger partial charge is 0.408 e. The van der Waals surface area contributed by atoms with Crippen LogP contribution in [-0.4, -0.2) is 41.1 Å². The van der Waals surface area contributed by atoms with Gasteiger partial charge in [0.25, 0.3) is 0 Å². The van der Waals surface area contributed by atoms with Crippen LogP contribution in [0.15, 0.2) is 30.3 Å². The molecule has 2 rings (SSSR count). The lowest BCUT2D eigenvalue weighted by molar-refractivity contribution is -0.124. The van der Waals surface area contributed by atoms with Gasteiger partial charge in [0.15, 0.2) is 0 Å². The maximum absolute atomic E-state index is 11.2. The van der Waals surface area contributed by atoms with Crippen LogP contribution in [0, 0.1) is 0 Å². The molecule has 1 aromatic rings. The third-order valence-corrected chi connectivity index (χ3v) is 2.85. The second-order valence-corrected chi connectivity index (χ2v) is 4.06. The van der Waals surface area contributed by atoms with Gasteiger partial charge in [0, 0.05) is 6.54 Å². The molecule has 1 aliphatic heterocycles. The van der Waals surface area contributed by atoms with Crippen molar-refractivity contribution in [3.8, 4) is 0 Å². The van der Waals surface area contributed by atoms with Crippen LogP contribution < -0.4 is 5.32 Å². The van der Waals surface area contributed by atoms with Crippen molar-refractivity contribution in [2.24, 2.45) is 0 Å². The van der Waals surface area contributed by atoms with Crippen molar-refractivity contribution in [1.82, 2.24) is 10.2 Å². The van der Waals surface area contributed by atoms with E-state index in [1.165, 1.54) is 4.90 Å². The zero-order valence-corrected chi connectivity index (χ0v) is 9.30. The molecule has 5 nitrogen and oxygen atoms in total. The number of nitrogens with one attached hydrogen (secondary N) is 1. The molecule has 1 heterocycles. The number of carboxylic acid groups (broad SMARTS) is 1. The van der Waals surface area contributed by atoms with Gasteiger partial charge in [-0.1, -0.05) is 30.3 Å². The van der Waals surface area contributed by atoms with Gasteiger partial charge in [-0.2, -0.15) is 0 Å². The maximum Gasteiger partial charge on any atom is 0.408 e. The molecule has 1 aliphatic rings. The quantitative estimate of drug-likeness (QED) is 0.791. The summed E-state index contributed by atoms with van der Waals surface area (Å²) in [7, 11) is 0. The zero-order chi connectivity index (χ0) is 12.3. The number of hydrogen-bond acceptors (Lipinski definition) is 2. The van der Waals surface area contributed by atoms with Crippen molar-refractivity contribution >= 4 is 12.0 Å². The second kappa shape index (κ2) is 4.86. The Morgan fingerprint density at radius 1 is 1.41 bits per heavy atom.